The van der Waals surface area contributed by atoms with Gasteiger partial charge in [0.1, 0.15) is 10.3 Å². The molecule has 2 heterocycles. The number of pyridine rings is 1. The Bertz CT molecular complexity index is 436. The van der Waals surface area contributed by atoms with Gasteiger partial charge in [0, 0.05) is 19.8 Å². The van der Waals surface area contributed by atoms with Crippen LogP contribution in [0.15, 0.2) is 22.8 Å². The lowest BCUT2D eigenvalue weighted by atomic mass is 10.2. The number of carbonyl (C=O) groups is 1. The van der Waals surface area contributed by atoms with Crippen molar-refractivity contribution in [2.75, 3.05) is 26.4 Å². The van der Waals surface area contributed by atoms with E-state index in [0.717, 1.165) is 25.9 Å². The van der Waals surface area contributed by atoms with Gasteiger partial charge in [-0.2, -0.15) is 0 Å². The van der Waals surface area contributed by atoms with Crippen molar-refractivity contribution < 1.29 is 14.3 Å². The molecule has 1 aromatic heterocycles. The number of nitrogens with zero attached hydrogens (tertiary/aromatic N) is 1. The Morgan fingerprint density at radius 1 is 1.55 bits per heavy atom. The fourth-order valence-electron chi connectivity index (χ4n) is 1.99. The molecule has 1 unspecified atom stereocenters. The van der Waals surface area contributed by atoms with E-state index in [0.29, 0.717) is 30.1 Å². The molecule has 20 heavy (non-hydrogen) atoms. The van der Waals surface area contributed by atoms with Crippen molar-refractivity contribution in [2.24, 2.45) is 0 Å². The van der Waals surface area contributed by atoms with Crippen molar-refractivity contribution >= 4 is 21.8 Å². The lowest BCUT2D eigenvalue weighted by molar-refractivity contribution is 0.0166. The van der Waals surface area contributed by atoms with Crippen molar-refractivity contribution in [3.63, 3.8) is 0 Å². The quantitative estimate of drug-likeness (QED) is 0.609. The first-order chi connectivity index (χ1) is 9.75. The first-order valence-electron chi connectivity index (χ1n) is 6.86. The molecule has 1 atom stereocenters. The number of ether oxygens (including phenoxy) is 2. The molecule has 0 saturated carbocycles. The van der Waals surface area contributed by atoms with Crippen molar-refractivity contribution in [2.45, 2.75) is 25.4 Å². The summed E-state index contributed by atoms with van der Waals surface area (Å²) in [4.78, 5) is 15.9. The molecule has 0 spiro atoms. The van der Waals surface area contributed by atoms with Crippen LogP contribution >= 0.6 is 15.9 Å². The first-order valence-corrected chi connectivity index (χ1v) is 7.65. The Balaban J connectivity index is 1.55. The van der Waals surface area contributed by atoms with E-state index in [2.05, 4.69) is 26.2 Å². The number of hydrogen-bond acceptors (Lipinski definition) is 4. The monoisotopic (exact) mass is 342 g/mol. The zero-order valence-electron chi connectivity index (χ0n) is 11.3. The molecule has 0 aromatic carbocycles. The summed E-state index contributed by atoms with van der Waals surface area (Å²) in [5.41, 5.74) is 0.416. The zero-order chi connectivity index (χ0) is 14.2. The van der Waals surface area contributed by atoms with Crippen LogP contribution in [0, 0.1) is 0 Å². The van der Waals surface area contributed by atoms with Gasteiger partial charge in [0.2, 0.25) is 0 Å². The maximum atomic E-state index is 11.8. The van der Waals surface area contributed by atoms with E-state index in [1.54, 1.807) is 18.2 Å². The molecule has 0 bridgehead atoms. The number of amides is 1. The van der Waals surface area contributed by atoms with Gasteiger partial charge in [-0.15, -0.1) is 0 Å². The summed E-state index contributed by atoms with van der Waals surface area (Å²) >= 11 is 3.24. The molecular weight excluding hydrogens is 324 g/mol. The summed E-state index contributed by atoms with van der Waals surface area (Å²) in [5, 5.41) is 2.82. The van der Waals surface area contributed by atoms with Crippen LogP contribution in [-0.2, 0) is 9.47 Å². The Hall–Kier alpha value is -0.980. The number of hydrogen-bond donors (Lipinski definition) is 1. The summed E-state index contributed by atoms with van der Waals surface area (Å²) < 4.78 is 11.6. The molecule has 0 radical (unpaired) electrons. The Morgan fingerprint density at radius 3 is 3.20 bits per heavy atom. The van der Waals surface area contributed by atoms with Gasteiger partial charge >= 0.3 is 0 Å². The third-order valence-electron chi connectivity index (χ3n) is 3.03. The molecule has 1 N–H and O–H groups in total. The third-order valence-corrected chi connectivity index (χ3v) is 3.47. The topological polar surface area (TPSA) is 60.5 Å². The van der Waals surface area contributed by atoms with Crippen molar-refractivity contribution in [3.8, 4) is 0 Å². The minimum absolute atomic E-state index is 0.162. The van der Waals surface area contributed by atoms with Crippen LogP contribution in [0.3, 0.4) is 0 Å². The summed E-state index contributed by atoms with van der Waals surface area (Å²) in [5.74, 6) is -0.162. The fourth-order valence-corrected chi connectivity index (χ4v) is 2.34. The van der Waals surface area contributed by atoms with Gasteiger partial charge in [-0.1, -0.05) is 6.07 Å². The lowest BCUT2D eigenvalue weighted by Gasteiger charge is -2.10. The highest BCUT2D eigenvalue weighted by Gasteiger charge is 2.14. The standard InChI is InChI=1S/C14H19BrN2O3/c15-13-6-1-5-12(17-13)14(18)16-7-3-8-19-10-11-4-2-9-20-11/h1,5-6,11H,2-4,7-10H2,(H,16,18). The van der Waals surface area contributed by atoms with Crippen LogP contribution in [0.25, 0.3) is 0 Å². The van der Waals surface area contributed by atoms with E-state index in [1.165, 1.54) is 0 Å². The molecule has 2 rings (SSSR count). The highest BCUT2D eigenvalue weighted by Crippen LogP contribution is 2.11. The highest BCUT2D eigenvalue weighted by atomic mass is 79.9. The molecular formula is C14H19BrN2O3. The van der Waals surface area contributed by atoms with Crippen molar-refractivity contribution in [1.82, 2.24) is 10.3 Å². The van der Waals surface area contributed by atoms with Crippen LogP contribution in [0.4, 0.5) is 0 Å². The molecule has 1 fully saturated rings. The molecule has 6 heteroatoms. The largest absolute Gasteiger partial charge is 0.379 e. The minimum Gasteiger partial charge on any atom is -0.379 e. The van der Waals surface area contributed by atoms with Crippen LogP contribution in [0.2, 0.25) is 0 Å². The number of carbonyl (C=O) groups excluding carboxylic acids is 1. The molecule has 0 aliphatic carbocycles. The SMILES string of the molecule is O=C(NCCCOCC1CCCO1)c1cccc(Br)n1. The van der Waals surface area contributed by atoms with E-state index in [9.17, 15) is 4.79 Å². The van der Waals surface area contributed by atoms with Crippen molar-refractivity contribution in [1.29, 1.82) is 0 Å². The number of rotatable bonds is 7. The lowest BCUT2D eigenvalue weighted by Crippen LogP contribution is -2.26. The first kappa shape index (κ1) is 15.4. The summed E-state index contributed by atoms with van der Waals surface area (Å²) in [6, 6.07) is 5.26. The van der Waals surface area contributed by atoms with E-state index < -0.39 is 0 Å². The highest BCUT2D eigenvalue weighted by molar-refractivity contribution is 9.10. The van der Waals surface area contributed by atoms with Gasteiger partial charge in [-0.25, -0.2) is 4.98 Å². The fraction of sp³-hybridized carbons (Fsp3) is 0.571. The Kier molecular flexibility index (Phi) is 6.42. The van der Waals surface area contributed by atoms with Gasteiger partial charge in [-0.05, 0) is 47.3 Å². The number of aromatic nitrogens is 1. The smallest absolute Gasteiger partial charge is 0.269 e. The summed E-state index contributed by atoms with van der Waals surface area (Å²) in [6.45, 7) is 2.72. The van der Waals surface area contributed by atoms with E-state index in [4.69, 9.17) is 9.47 Å². The van der Waals surface area contributed by atoms with Gasteiger partial charge in [-0.3, -0.25) is 4.79 Å². The molecule has 1 aromatic rings. The van der Waals surface area contributed by atoms with Crippen LogP contribution in [0.1, 0.15) is 29.8 Å². The predicted molar refractivity (Wildman–Crippen MR) is 78.7 cm³/mol. The van der Waals surface area contributed by atoms with Gasteiger partial charge in [0.05, 0.1) is 12.7 Å². The van der Waals surface area contributed by atoms with Gasteiger partial charge in [0.25, 0.3) is 5.91 Å². The Labute approximate surface area is 127 Å². The summed E-state index contributed by atoms with van der Waals surface area (Å²) in [7, 11) is 0. The molecule has 1 aliphatic rings. The van der Waals surface area contributed by atoms with Crippen LogP contribution < -0.4 is 5.32 Å². The molecule has 1 saturated heterocycles. The second-order valence-electron chi connectivity index (χ2n) is 4.66. The van der Waals surface area contributed by atoms with E-state index in [1.807, 2.05) is 0 Å². The molecule has 1 amide bonds. The summed E-state index contributed by atoms with van der Waals surface area (Å²) in [6.07, 6.45) is 3.26. The van der Waals surface area contributed by atoms with Crippen molar-refractivity contribution in [3.05, 3.63) is 28.5 Å². The second kappa shape index (κ2) is 8.34. The molecule has 110 valence electrons. The van der Waals surface area contributed by atoms with Crippen LogP contribution in [0.5, 0.6) is 0 Å². The normalized spacial score (nSPS) is 18.1. The number of halogens is 1. The maximum Gasteiger partial charge on any atom is 0.269 e. The minimum atomic E-state index is -0.162. The predicted octanol–water partition coefficient (Wildman–Crippen LogP) is 2.16. The maximum absolute atomic E-state index is 11.8. The van der Waals surface area contributed by atoms with Crippen LogP contribution in [-0.4, -0.2) is 43.4 Å². The van der Waals surface area contributed by atoms with Gasteiger partial charge in [0.15, 0.2) is 0 Å². The molecule has 5 nitrogen and oxygen atoms in total. The second-order valence-corrected chi connectivity index (χ2v) is 5.48. The Morgan fingerprint density at radius 2 is 2.45 bits per heavy atom. The zero-order valence-corrected chi connectivity index (χ0v) is 12.9. The number of nitrogens with one attached hydrogen (secondary N) is 1. The molecule has 1 aliphatic heterocycles. The van der Waals surface area contributed by atoms with Gasteiger partial charge < -0.3 is 14.8 Å². The average molecular weight is 343 g/mol. The average Bonchev–Trinajstić information content (AvgIpc) is 2.95. The van der Waals surface area contributed by atoms with E-state index in [-0.39, 0.29) is 12.0 Å². The third kappa shape index (κ3) is 5.19. The van der Waals surface area contributed by atoms with E-state index >= 15 is 0 Å².